The van der Waals surface area contributed by atoms with E-state index in [1.165, 1.54) is 0 Å². The van der Waals surface area contributed by atoms with Gasteiger partial charge in [0.2, 0.25) is 5.95 Å². The van der Waals surface area contributed by atoms with E-state index in [4.69, 9.17) is 4.42 Å². The molecule has 2 rings (SSSR count). The van der Waals surface area contributed by atoms with Gasteiger partial charge in [0.05, 0.1) is 12.8 Å². The van der Waals surface area contributed by atoms with Gasteiger partial charge in [-0.2, -0.15) is 0 Å². The topological polar surface area (TPSA) is 71.3 Å². The minimum absolute atomic E-state index is 0.0833. The number of unbranched alkanes of at least 4 members (excludes halogenated alkanes) is 1. The van der Waals surface area contributed by atoms with Crippen LogP contribution >= 0.6 is 0 Å². The number of carbonyl (C=O) groups excluding carboxylic acids is 1. The monoisotopic (exact) mass is 302 g/mol. The fraction of sp³-hybridized carbons (Fsp3) is 0.438. The van der Waals surface area contributed by atoms with Crippen molar-refractivity contribution in [1.29, 1.82) is 0 Å². The van der Waals surface area contributed by atoms with Crippen molar-refractivity contribution in [2.24, 2.45) is 0 Å². The molecule has 0 spiro atoms. The van der Waals surface area contributed by atoms with Crippen LogP contribution in [-0.4, -0.2) is 34.4 Å². The first-order valence-corrected chi connectivity index (χ1v) is 7.47. The third-order valence-corrected chi connectivity index (χ3v) is 3.27. The van der Waals surface area contributed by atoms with Gasteiger partial charge in [-0.05, 0) is 31.5 Å². The lowest BCUT2D eigenvalue weighted by atomic mass is 10.2. The first kappa shape index (κ1) is 16.0. The number of aryl methyl sites for hydroxylation is 1. The number of nitrogens with one attached hydrogen (secondary N) is 1. The summed E-state index contributed by atoms with van der Waals surface area (Å²) in [4.78, 5) is 22.7. The van der Waals surface area contributed by atoms with Crippen LogP contribution < -0.4 is 5.32 Å². The smallest absolute Gasteiger partial charge is 0.272 e. The molecule has 2 heterocycles. The van der Waals surface area contributed by atoms with E-state index in [2.05, 4.69) is 22.2 Å². The Kier molecular flexibility index (Phi) is 5.52. The normalized spacial score (nSPS) is 10.5. The van der Waals surface area contributed by atoms with Crippen LogP contribution in [0.3, 0.4) is 0 Å². The van der Waals surface area contributed by atoms with Gasteiger partial charge in [0.1, 0.15) is 11.5 Å². The molecule has 118 valence electrons. The summed E-state index contributed by atoms with van der Waals surface area (Å²) in [7, 11) is 1.80. The maximum atomic E-state index is 12.4. The molecule has 0 atom stereocenters. The molecular formula is C16H22N4O2. The van der Waals surface area contributed by atoms with Gasteiger partial charge in [-0.1, -0.05) is 13.3 Å². The third-order valence-electron chi connectivity index (χ3n) is 3.27. The maximum absolute atomic E-state index is 12.4. The van der Waals surface area contributed by atoms with E-state index in [1.807, 2.05) is 19.1 Å². The highest BCUT2D eigenvalue weighted by molar-refractivity contribution is 5.92. The molecule has 2 aromatic heterocycles. The summed E-state index contributed by atoms with van der Waals surface area (Å²) in [5, 5.41) is 3.08. The molecule has 0 radical (unpaired) electrons. The van der Waals surface area contributed by atoms with Crippen LogP contribution in [0.4, 0.5) is 5.95 Å². The number of aromatic nitrogens is 2. The molecule has 0 fully saturated rings. The molecule has 1 N–H and O–H groups in total. The van der Waals surface area contributed by atoms with E-state index < -0.39 is 0 Å². The van der Waals surface area contributed by atoms with Crippen LogP contribution in [-0.2, 0) is 6.54 Å². The van der Waals surface area contributed by atoms with Crippen LogP contribution in [0.15, 0.2) is 28.9 Å². The molecule has 0 aliphatic carbocycles. The van der Waals surface area contributed by atoms with E-state index in [1.54, 1.807) is 24.3 Å². The number of anilines is 1. The van der Waals surface area contributed by atoms with Crippen molar-refractivity contribution in [3.8, 4) is 0 Å². The quantitative estimate of drug-likeness (QED) is 0.851. The first-order chi connectivity index (χ1) is 10.6. The van der Waals surface area contributed by atoms with Crippen LogP contribution in [0.25, 0.3) is 0 Å². The lowest BCUT2D eigenvalue weighted by Crippen LogP contribution is -2.28. The molecule has 6 heteroatoms. The summed E-state index contributed by atoms with van der Waals surface area (Å²) >= 11 is 0. The zero-order valence-corrected chi connectivity index (χ0v) is 13.3. The predicted molar refractivity (Wildman–Crippen MR) is 84.7 cm³/mol. The maximum Gasteiger partial charge on any atom is 0.272 e. The van der Waals surface area contributed by atoms with Crippen LogP contribution in [0.5, 0.6) is 0 Å². The van der Waals surface area contributed by atoms with Gasteiger partial charge in [0.25, 0.3) is 5.91 Å². The van der Waals surface area contributed by atoms with Crippen LogP contribution in [0, 0.1) is 6.92 Å². The Hall–Kier alpha value is -2.37. The van der Waals surface area contributed by atoms with Crippen LogP contribution in [0.2, 0.25) is 0 Å². The number of nitrogens with zero attached hydrogens (tertiary/aromatic N) is 3. The van der Waals surface area contributed by atoms with Crippen molar-refractivity contribution in [3.05, 3.63) is 41.6 Å². The van der Waals surface area contributed by atoms with E-state index in [9.17, 15) is 4.79 Å². The Balaban J connectivity index is 2.07. The molecule has 0 saturated heterocycles. The molecule has 0 aromatic carbocycles. The molecule has 0 saturated carbocycles. The van der Waals surface area contributed by atoms with Gasteiger partial charge in [0.15, 0.2) is 0 Å². The summed E-state index contributed by atoms with van der Waals surface area (Å²) in [6.07, 6.45) is 3.65. The molecule has 1 amide bonds. The van der Waals surface area contributed by atoms with Gasteiger partial charge in [-0.3, -0.25) is 4.79 Å². The van der Waals surface area contributed by atoms with Crippen LogP contribution in [0.1, 0.15) is 41.7 Å². The SMILES string of the molecule is CCCCN(C)C(=O)c1cc(C)nc(NCc2ccco2)n1. The Labute approximate surface area is 130 Å². The van der Waals surface area contributed by atoms with Crippen molar-refractivity contribution in [1.82, 2.24) is 14.9 Å². The van der Waals surface area contributed by atoms with Gasteiger partial charge < -0.3 is 14.6 Å². The largest absolute Gasteiger partial charge is 0.467 e. The van der Waals surface area contributed by atoms with Gasteiger partial charge >= 0.3 is 0 Å². The molecule has 0 aliphatic heterocycles. The molecule has 2 aromatic rings. The van der Waals surface area contributed by atoms with Gasteiger partial charge in [-0.25, -0.2) is 9.97 Å². The Morgan fingerprint density at radius 1 is 1.41 bits per heavy atom. The molecule has 6 nitrogen and oxygen atoms in total. The van der Waals surface area contributed by atoms with Gasteiger partial charge in [0, 0.05) is 19.3 Å². The highest BCUT2D eigenvalue weighted by Crippen LogP contribution is 2.10. The highest BCUT2D eigenvalue weighted by atomic mass is 16.3. The number of furan rings is 1. The number of hydrogen-bond donors (Lipinski definition) is 1. The Morgan fingerprint density at radius 3 is 2.91 bits per heavy atom. The fourth-order valence-electron chi connectivity index (χ4n) is 2.03. The lowest BCUT2D eigenvalue weighted by Gasteiger charge is -2.16. The average molecular weight is 302 g/mol. The second kappa shape index (κ2) is 7.59. The Morgan fingerprint density at radius 2 is 2.23 bits per heavy atom. The second-order valence-corrected chi connectivity index (χ2v) is 5.23. The van der Waals surface area contributed by atoms with E-state index >= 15 is 0 Å². The molecular weight excluding hydrogens is 280 g/mol. The number of carbonyl (C=O) groups is 1. The minimum atomic E-state index is -0.0833. The van der Waals surface area contributed by atoms with Gasteiger partial charge in [-0.15, -0.1) is 0 Å². The van der Waals surface area contributed by atoms with E-state index in [0.29, 0.717) is 18.2 Å². The lowest BCUT2D eigenvalue weighted by molar-refractivity contribution is 0.0787. The zero-order valence-electron chi connectivity index (χ0n) is 13.3. The first-order valence-electron chi connectivity index (χ1n) is 7.47. The fourth-order valence-corrected chi connectivity index (χ4v) is 2.03. The number of amides is 1. The van der Waals surface area contributed by atoms with E-state index in [0.717, 1.165) is 30.8 Å². The second-order valence-electron chi connectivity index (χ2n) is 5.23. The predicted octanol–water partition coefficient (Wildman–Crippen LogP) is 2.86. The van der Waals surface area contributed by atoms with Crippen molar-refractivity contribution < 1.29 is 9.21 Å². The van der Waals surface area contributed by atoms with Crippen molar-refractivity contribution in [3.63, 3.8) is 0 Å². The molecule has 22 heavy (non-hydrogen) atoms. The molecule has 0 unspecified atom stereocenters. The molecule has 0 bridgehead atoms. The summed E-state index contributed by atoms with van der Waals surface area (Å²) < 4.78 is 5.25. The van der Waals surface area contributed by atoms with Crippen molar-refractivity contribution >= 4 is 11.9 Å². The van der Waals surface area contributed by atoms with Crippen molar-refractivity contribution in [2.75, 3.05) is 18.9 Å². The van der Waals surface area contributed by atoms with E-state index in [-0.39, 0.29) is 5.91 Å². The highest BCUT2D eigenvalue weighted by Gasteiger charge is 2.15. The summed E-state index contributed by atoms with van der Waals surface area (Å²) in [6.45, 7) is 5.16. The van der Waals surface area contributed by atoms with Crippen molar-refractivity contribution in [2.45, 2.75) is 33.2 Å². The standard InChI is InChI=1S/C16H22N4O2/c1-4-5-8-20(3)15(21)14-10-12(2)18-16(19-14)17-11-13-7-6-9-22-13/h6-7,9-10H,4-5,8,11H2,1-3H3,(H,17,18,19). The molecule has 0 aliphatic rings. The minimum Gasteiger partial charge on any atom is -0.467 e. The zero-order chi connectivity index (χ0) is 15.9. The number of rotatable bonds is 7. The number of hydrogen-bond acceptors (Lipinski definition) is 5. The summed E-state index contributed by atoms with van der Waals surface area (Å²) in [5.74, 6) is 1.14. The summed E-state index contributed by atoms with van der Waals surface area (Å²) in [5.41, 5.74) is 1.16. The average Bonchev–Trinajstić information content (AvgIpc) is 3.02. The summed E-state index contributed by atoms with van der Waals surface area (Å²) in [6, 6.07) is 5.40. The third kappa shape index (κ3) is 4.31. The Bertz CT molecular complexity index is 611.